The van der Waals surface area contributed by atoms with E-state index in [9.17, 15) is 9.59 Å². The molecule has 2 aromatic rings. The number of amides is 2. The van der Waals surface area contributed by atoms with Gasteiger partial charge in [0.1, 0.15) is 0 Å². The zero-order valence-corrected chi connectivity index (χ0v) is 18.1. The number of rotatable bonds is 5. The molecule has 6 nitrogen and oxygen atoms in total. The number of halogens is 1. The zero-order valence-electron chi connectivity index (χ0n) is 16.5. The highest BCUT2D eigenvalue weighted by Crippen LogP contribution is 2.31. The Morgan fingerprint density at radius 2 is 1.97 bits per heavy atom. The number of anilines is 1. The lowest BCUT2D eigenvalue weighted by atomic mass is 10.0. The molecular weight excluding hydrogens is 422 g/mol. The van der Waals surface area contributed by atoms with Crippen LogP contribution in [0, 0.1) is 0 Å². The average molecular weight is 446 g/mol. The van der Waals surface area contributed by atoms with Crippen LogP contribution in [0.2, 0.25) is 5.02 Å². The van der Waals surface area contributed by atoms with Crippen LogP contribution in [0.1, 0.15) is 28.4 Å². The number of nitrogens with zero attached hydrogens (tertiary/aromatic N) is 1. The number of thioether (sulfide) groups is 1. The van der Waals surface area contributed by atoms with E-state index in [1.165, 1.54) is 0 Å². The summed E-state index contributed by atoms with van der Waals surface area (Å²) in [6.07, 6.45) is 0.475. The van der Waals surface area contributed by atoms with Crippen LogP contribution in [0.3, 0.4) is 0 Å². The van der Waals surface area contributed by atoms with Gasteiger partial charge in [0, 0.05) is 47.3 Å². The van der Waals surface area contributed by atoms with Crippen LogP contribution in [0.5, 0.6) is 0 Å². The second-order valence-corrected chi connectivity index (χ2v) is 8.86. The molecule has 0 spiro atoms. The van der Waals surface area contributed by atoms with Gasteiger partial charge >= 0.3 is 0 Å². The lowest BCUT2D eigenvalue weighted by Crippen LogP contribution is -2.43. The van der Waals surface area contributed by atoms with Gasteiger partial charge in [-0.25, -0.2) is 0 Å². The second kappa shape index (κ2) is 9.83. The van der Waals surface area contributed by atoms with Gasteiger partial charge in [-0.15, -0.1) is 11.8 Å². The van der Waals surface area contributed by atoms with E-state index in [0.29, 0.717) is 42.5 Å². The monoisotopic (exact) mass is 445 g/mol. The summed E-state index contributed by atoms with van der Waals surface area (Å²) in [5.41, 5.74) is 2.35. The summed E-state index contributed by atoms with van der Waals surface area (Å²) in [6.45, 7) is 3.45. The first-order valence-corrected chi connectivity index (χ1v) is 11.4. The molecule has 2 heterocycles. The molecule has 0 radical (unpaired) electrons. The quantitative estimate of drug-likeness (QED) is 0.736. The fraction of sp³-hybridized carbons (Fsp3) is 0.364. The maximum atomic E-state index is 12.9. The first-order chi connectivity index (χ1) is 14.6. The summed E-state index contributed by atoms with van der Waals surface area (Å²) in [5.74, 6) is 0.564. The molecule has 2 aliphatic heterocycles. The predicted molar refractivity (Wildman–Crippen MR) is 119 cm³/mol. The van der Waals surface area contributed by atoms with Crippen molar-refractivity contribution in [2.75, 3.05) is 43.9 Å². The molecular formula is C22H24ClN3O3S. The Balaban J connectivity index is 1.48. The minimum absolute atomic E-state index is 0.0195. The number of fused-ring (bicyclic) bond motifs is 1. The summed E-state index contributed by atoms with van der Waals surface area (Å²) in [6, 6.07) is 13.3. The Bertz CT molecular complexity index is 916. The highest BCUT2D eigenvalue weighted by molar-refractivity contribution is 7.99. The topological polar surface area (TPSA) is 70.7 Å². The number of carbonyl (C=O) groups excluding carboxylic acids is 2. The Hall–Kier alpha value is -2.06. The van der Waals surface area contributed by atoms with Gasteiger partial charge in [-0.05, 0) is 35.9 Å². The van der Waals surface area contributed by atoms with Crippen LogP contribution in [0.15, 0.2) is 47.4 Å². The largest absolute Gasteiger partial charge is 0.379 e. The molecule has 8 heteroatoms. The molecule has 4 rings (SSSR count). The third-order valence-corrected chi connectivity index (χ3v) is 6.63. The van der Waals surface area contributed by atoms with Gasteiger partial charge in [0.2, 0.25) is 5.91 Å². The highest BCUT2D eigenvalue weighted by atomic mass is 35.5. The zero-order chi connectivity index (χ0) is 20.9. The molecule has 0 aliphatic carbocycles. The van der Waals surface area contributed by atoms with E-state index in [1.54, 1.807) is 17.8 Å². The van der Waals surface area contributed by atoms with Gasteiger partial charge in [-0.1, -0.05) is 23.7 Å². The van der Waals surface area contributed by atoms with E-state index >= 15 is 0 Å². The van der Waals surface area contributed by atoms with Gasteiger partial charge in [-0.2, -0.15) is 0 Å². The molecule has 1 saturated heterocycles. The van der Waals surface area contributed by atoms with E-state index in [-0.39, 0.29) is 17.9 Å². The van der Waals surface area contributed by atoms with Crippen molar-refractivity contribution in [1.29, 1.82) is 0 Å². The van der Waals surface area contributed by atoms with Crippen molar-refractivity contribution >= 4 is 40.9 Å². The molecule has 30 heavy (non-hydrogen) atoms. The molecule has 0 aromatic heterocycles. The number of hydrogen-bond acceptors (Lipinski definition) is 5. The molecule has 0 bridgehead atoms. The first kappa shape index (κ1) is 21.2. The van der Waals surface area contributed by atoms with Gasteiger partial charge in [0.05, 0.1) is 24.9 Å². The Labute approximate surface area is 185 Å². The van der Waals surface area contributed by atoms with Crippen molar-refractivity contribution < 1.29 is 14.3 Å². The number of benzene rings is 2. The fourth-order valence-electron chi connectivity index (χ4n) is 3.68. The van der Waals surface area contributed by atoms with Crippen molar-refractivity contribution in [3.63, 3.8) is 0 Å². The van der Waals surface area contributed by atoms with Gasteiger partial charge in [0.15, 0.2) is 0 Å². The maximum absolute atomic E-state index is 12.9. The minimum Gasteiger partial charge on any atom is -0.379 e. The maximum Gasteiger partial charge on any atom is 0.251 e. The summed E-state index contributed by atoms with van der Waals surface area (Å²) in [5, 5.41) is 6.65. The van der Waals surface area contributed by atoms with Gasteiger partial charge in [0.25, 0.3) is 5.91 Å². The van der Waals surface area contributed by atoms with E-state index in [2.05, 4.69) is 15.5 Å². The van der Waals surface area contributed by atoms with Crippen molar-refractivity contribution in [2.24, 2.45) is 0 Å². The standard InChI is InChI=1S/C22H24ClN3O3S/c23-17-4-1-15(2-5-17)19(26-8-10-29-11-9-26)14-24-22(28)16-3-6-20-18(13-16)25-21(27)7-12-30-20/h1-6,13,19H,7-12,14H2,(H,24,28)(H,25,27). The Morgan fingerprint density at radius 3 is 2.73 bits per heavy atom. The number of ether oxygens (including phenoxy) is 1. The van der Waals surface area contributed by atoms with E-state index < -0.39 is 0 Å². The lowest BCUT2D eigenvalue weighted by Gasteiger charge is -2.35. The van der Waals surface area contributed by atoms with E-state index in [0.717, 1.165) is 29.3 Å². The van der Waals surface area contributed by atoms with Crippen LogP contribution in [0.25, 0.3) is 0 Å². The highest BCUT2D eigenvalue weighted by Gasteiger charge is 2.24. The van der Waals surface area contributed by atoms with Crippen LogP contribution in [-0.4, -0.2) is 55.3 Å². The third-order valence-electron chi connectivity index (χ3n) is 5.30. The molecule has 2 aliphatic rings. The summed E-state index contributed by atoms with van der Waals surface area (Å²) < 4.78 is 5.48. The van der Waals surface area contributed by atoms with Gasteiger partial charge < -0.3 is 15.4 Å². The number of morpholine rings is 1. The predicted octanol–water partition coefficient (Wildman–Crippen LogP) is 3.58. The van der Waals surface area contributed by atoms with Crippen LogP contribution >= 0.6 is 23.4 Å². The van der Waals surface area contributed by atoms with Crippen molar-refractivity contribution in [3.8, 4) is 0 Å². The van der Waals surface area contributed by atoms with E-state index in [4.69, 9.17) is 16.3 Å². The summed E-state index contributed by atoms with van der Waals surface area (Å²) in [7, 11) is 0. The molecule has 1 atom stereocenters. The first-order valence-electron chi connectivity index (χ1n) is 10.0. The lowest BCUT2D eigenvalue weighted by molar-refractivity contribution is -0.115. The molecule has 1 fully saturated rings. The molecule has 158 valence electrons. The number of nitrogens with one attached hydrogen (secondary N) is 2. The molecule has 2 amide bonds. The van der Waals surface area contributed by atoms with E-state index in [1.807, 2.05) is 36.4 Å². The van der Waals surface area contributed by atoms with Crippen LogP contribution in [0.4, 0.5) is 5.69 Å². The summed E-state index contributed by atoms with van der Waals surface area (Å²) >= 11 is 7.68. The smallest absolute Gasteiger partial charge is 0.251 e. The van der Waals surface area contributed by atoms with Crippen molar-refractivity contribution in [3.05, 3.63) is 58.6 Å². The Kier molecular flexibility index (Phi) is 6.94. The molecule has 0 saturated carbocycles. The van der Waals surface area contributed by atoms with Crippen molar-refractivity contribution in [1.82, 2.24) is 10.2 Å². The fourth-order valence-corrected chi connectivity index (χ4v) is 4.75. The number of hydrogen-bond donors (Lipinski definition) is 2. The van der Waals surface area contributed by atoms with Gasteiger partial charge in [-0.3, -0.25) is 14.5 Å². The second-order valence-electron chi connectivity index (χ2n) is 7.28. The normalized spacial score (nSPS) is 18.1. The van der Waals surface area contributed by atoms with Crippen molar-refractivity contribution in [2.45, 2.75) is 17.4 Å². The molecule has 2 N–H and O–H groups in total. The summed E-state index contributed by atoms with van der Waals surface area (Å²) in [4.78, 5) is 28.0. The SMILES string of the molecule is O=C1CCSc2ccc(C(=O)NCC(c3ccc(Cl)cc3)N3CCOCC3)cc2N1. The molecule has 1 unspecified atom stereocenters. The van der Waals surface area contributed by atoms with Crippen LogP contribution in [-0.2, 0) is 9.53 Å². The Morgan fingerprint density at radius 1 is 1.20 bits per heavy atom. The number of carbonyl (C=O) groups is 2. The third kappa shape index (κ3) is 5.16. The minimum atomic E-state index is -0.159. The van der Waals surface area contributed by atoms with Crippen LogP contribution < -0.4 is 10.6 Å². The average Bonchev–Trinajstić information content (AvgIpc) is 2.95. The molecule has 2 aromatic carbocycles.